The monoisotopic (exact) mass is 276 g/mol. The molecule has 0 radical (unpaired) electrons. The van der Waals surface area contributed by atoms with Crippen molar-refractivity contribution in [3.8, 4) is 5.75 Å². The van der Waals surface area contributed by atoms with Gasteiger partial charge in [0.25, 0.3) is 0 Å². The van der Waals surface area contributed by atoms with E-state index in [9.17, 15) is 0 Å². The van der Waals surface area contributed by atoms with Crippen LogP contribution in [0.15, 0.2) is 55.6 Å². The molecule has 0 saturated carbocycles. The quantitative estimate of drug-likeness (QED) is 0.777. The normalized spacial score (nSPS) is 15.8. The van der Waals surface area contributed by atoms with Gasteiger partial charge in [-0.25, -0.2) is 0 Å². The van der Waals surface area contributed by atoms with Crippen LogP contribution < -0.4 is 4.74 Å². The Hall–Kier alpha value is -1.54. The van der Waals surface area contributed by atoms with Crippen LogP contribution in [0.5, 0.6) is 5.75 Å². The molecule has 1 aromatic carbocycles. The molecule has 1 rings (SSSR count). The summed E-state index contributed by atoms with van der Waals surface area (Å²) in [7, 11) is 0. The molecule has 112 valence electrons. The SMILES string of the molecule is C=C[C@@H](C)[C@H](C)O.C=C[C@@H](C)[C@H](C)Oc1ccccc1. The van der Waals surface area contributed by atoms with Crippen molar-refractivity contribution in [3.05, 3.63) is 55.6 Å². The highest BCUT2D eigenvalue weighted by molar-refractivity contribution is 5.21. The Morgan fingerprint density at radius 3 is 1.80 bits per heavy atom. The van der Waals surface area contributed by atoms with Gasteiger partial charge in [-0.1, -0.05) is 44.2 Å². The van der Waals surface area contributed by atoms with Crippen molar-refractivity contribution < 1.29 is 9.84 Å². The molecule has 20 heavy (non-hydrogen) atoms. The largest absolute Gasteiger partial charge is 0.490 e. The van der Waals surface area contributed by atoms with Crippen molar-refractivity contribution in [2.45, 2.75) is 39.9 Å². The predicted molar refractivity (Wildman–Crippen MR) is 86.9 cm³/mol. The first kappa shape index (κ1) is 18.5. The lowest BCUT2D eigenvalue weighted by atomic mass is 10.1. The fourth-order valence-electron chi connectivity index (χ4n) is 1.21. The Labute approximate surface area is 123 Å². The van der Waals surface area contributed by atoms with Gasteiger partial charge in [0.2, 0.25) is 0 Å². The predicted octanol–water partition coefficient (Wildman–Crippen LogP) is 4.47. The first-order valence-corrected chi connectivity index (χ1v) is 7.07. The summed E-state index contributed by atoms with van der Waals surface area (Å²) < 4.78 is 5.70. The Balaban J connectivity index is 0.000000441. The molecule has 0 unspecified atom stereocenters. The van der Waals surface area contributed by atoms with Crippen molar-refractivity contribution >= 4 is 0 Å². The number of para-hydroxylation sites is 1. The number of hydrogen-bond acceptors (Lipinski definition) is 2. The van der Waals surface area contributed by atoms with Crippen molar-refractivity contribution in [1.29, 1.82) is 0 Å². The molecule has 0 aliphatic rings. The van der Waals surface area contributed by atoms with E-state index in [1.165, 1.54) is 0 Å². The lowest BCUT2D eigenvalue weighted by molar-refractivity contribution is 0.157. The highest BCUT2D eigenvalue weighted by Gasteiger charge is 2.09. The van der Waals surface area contributed by atoms with E-state index in [1.54, 1.807) is 13.0 Å². The van der Waals surface area contributed by atoms with E-state index in [1.807, 2.05) is 43.3 Å². The van der Waals surface area contributed by atoms with Crippen LogP contribution in [0.3, 0.4) is 0 Å². The van der Waals surface area contributed by atoms with Gasteiger partial charge in [-0.15, -0.1) is 13.2 Å². The number of rotatable bonds is 6. The van der Waals surface area contributed by atoms with Crippen LogP contribution in [-0.2, 0) is 0 Å². The summed E-state index contributed by atoms with van der Waals surface area (Å²) in [6.07, 6.45) is 3.58. The summed E-state index contributed by atoms with van der Waals surface area (Å²) in [6, 6.07) is 9.86. The van der Waals surface area contributed by atoms with Gasteiger partial charge in [0.05, 0.1) is 6.10 Å². The molecule has 1 aromatic rings. The van der Waals surface area contributed by atoms with E-state index < -0.39 is 0 Å². The summed E-state index contributed by atoms with van der Waals surface area (Å²) in [6.45, 7) is 15.1. The van der Waals surface area contributed by atoms with Gasteiger partial charge in [0.1, 0.15) is 11.9 Å². The Morgan fingerprint density at radius 2 is 1.45 bits per heavy atom. The van der Waals surface area contributed by atoms with Gasteiger partial charge in [0, 0.05) is 5.92 Å². The van der Waals surface area contributed by atoms with Crippen LogP contribution in [0.2, 0.25) is 0 Å². The number of hydrogen-bond donors (Lipinski definition) is 1. The Kier molecular flexibility index (Phi) is 9.48. The standard InChI is InChI=1S/C12H16O.C6H12O/c1-4-10(2)11(3)13-12-8-6-5-7-9-12;1-4-5(2)6(3)7/h4-11H,1H2,2-3H3;4-7H,1H2,2-3H3/t10-,11+;5-,6+/m11/s1. The third-order valence-electron chi connectivity index (χ3n) is 3.31. The third kappa shape index (κ3) is 7.80. The lowest BCUT2D eigenvalue weighted by Gasteiger charge is -2.18. The van der Waals surface area contributed by atoms with Crippen molar-refractivity contribution in [2.75, 3.05) is 0 Å². The van der Waals surface area contributed by atoms with Gasteiger partial charge in [-0.3, -0.25) is 0 Å². The smallest absolute Gasteiger partial charge is 0.119 e. The summed E-state index contributed by atoms with van der Waals surface area (Å²) in [4.78, 5) is 0. The average Bonchev–Trinajstić information content (AvgIpc) is 2.47. The number of benzene rings is 1. The zero-order valence-corrected chi connectivity index (χ0v) is 13.1. The molecule has 0 spiro atoms. The van der Waals surface area contributed by atoms with E-state index >= 15 is 0 Å². The van der Waals surface area contributed by atoms with Gasteiger partial charge in [-0.05, 0) is 31.9 Å². The topological polar surface area (TPSA) is 29.5 Å². The second kappa shape index (κ2) is 10.3. The molecule has 0 amide bonds. The fourth-order valence-corrected chi connectivity index (χ4v) is 1.21. The van der Waals surface area contributed by atoms with E-state index in [0.717, 1.165) is 5.75 Å². The molecular weight excluding hydrogens is 248 g/mol. The van der Waals surface area contributed by atoms with Crippen LogP contribution in [0.4, 0.5) is 0 Å². The van der Waals surface area contributed by atoms with Crippen molar-refractivity contribution in [2.24, 2.45) is 11.8 Å². The molecule has 0 bridgehead atoms. The number of aliphatic hydroxyl groups is 1. The zero-order valence-electron chi connectivity index (χ0n) is 13.1. The van der Waals surface area contributed by atoms with Gasteiger partial charge in [0.15, 0.2) is 0 Å². The zero-order chi connectivity index (χ0) is 15.5. The molecule has 0 aliphatic heterocycles. The second-order valence-corrected chi connectivity index (χ2v) is 5.07. The molecule has 0 aromatic heterocycles. The van der Waals surface area contributed by atoms with Crippen LogP contribution in [0, 0.1) is 11.8 Å². The molecule has 1 N–H and O–H groups in total. The van der Waals surface area contributed by atoms with E-state index in [4.69, 9.17) is 9.84 Å². The molecule has 2 nitrogen and oxygen atoms in total. The van der Waals surface area contributed by atoms with Crippen LogP contribution in [-0.4, -0.2) is 17.3 Å². The highest BCUT2D eigenvalue weighted by atomic mass is 16.5. The fraction of sp³-hybridized carbons (Fsp3) is 0.444. The molecule has 4 atom stereocenters. The second-order valence-electron chi connectivity index (χ2n) is 5.07. The minimum absolute atomic E-state index is 0.180. The summed E-state index contributed by atoms with van der Waals surface area (Å²) in [5, 5.41) is 8.75. The third-order valence-corrected chi connectivity index (χ3v) is 3.31. The minimum Gasteiger partial charge on any atom is -0.490 e. The highest BCUT2D eigenvalue weighted by Crippen LogP contribution is 2.15. The first-order valence-electron chi connectivity index (χ1n) is 7.07. The van der Waals surface area contributed by atoms with Crippen LogP contribution in [0.25, 0.3) is 0 Å². The molecule has 2 heteroatoms. The maximum atomic E-state index is 8.75. The minimum atomic E-state index is -0.252. The van der Waals surface area contributed by atoms with Gasteiger partial charge >= 0.3 is 0 Å². The van der Waals surface area contributed by atoms with Crippen molar-refractivity contribution in [1.82, 2.24) is 0 Å². The summed E-state index contributed by atoms with van der Waals surface area (Å²) >= 11 is 0. The molecule has 0 fully saturated rings. The van der Waals surface area contributed by atoms with Gasteiger partial charge in [-0.2, -0.15) is 0 Å². The molecule has 0 heterocycles. The lowest BCUT2D eigenvalue weighted by Crippen LogP contribution is -2.19. The number of aliphatic hydroxyl groups excluding tert-OH is 1. The van der Waals surface area contributed by atoms with Crippen LogP contribution >= 0.6 is 0 Å². The summed E-state index contributed by atoms with van der Waals surface area (Å²) in [5.74, 6) is 1.52. The van der Waals surface area contributed by atoms with Crippen molar-refractivity contribution in [3.63, 3.8) is 0 Å². The maximum absolute atomic E-state index is 8.75. The van der Waals surface area contributed by atoms with E-state index in [-0.39, 0.29) is 18.1 Å². The van der Waals surface area contributed by atoms with E-state index in [0.29, 0.717) is 5.92 Å². The molecule has 0 aliphatic carbocycles. The summed E-state index contributed by atoms with van der Waals surface area (Å²) in [5.41, 5.74) is 0. The number of ether oxygens (including phenoxy) is 1. The first-order chi connectivity index (χ1) is 9.42. The average molecular weight is 276 g/mol. The Morgan fingerprint density at radius 1 is 0.950 bits per heavy atom. The van der Waals surface area contributed by atoms with Crippen LogP contribution in [0.1, 0.15) is 27.7 Å². The van der Waals surface area contributed by atoms with Gasteiger partial charge < -0.3 is 9.84 Å². The van der Waals surface area contributed by atoms with E-state index in [2.05, 4.69) is 27.0 Å². The molecule has 0 saturated heterocycles. The maximum Gasteiger partial charge on any atom is 0.119 e. The molecular formula is C18H28O2. The Bertz CT molecular complexity index is 370.